The molecule has 4 aliphatic rings. The third-order valence-electron chi connectivity index (χ3n) is 6.40. The van der Waals surface area contributed by atoms with E-state index in [0.717, 1.165) is 85.1 Å². The number of fused-ring (bicyclic) bond motifs is 1. The summed E-state index contributed by atoms with van der Waals surface area (Å²) in [6.07, 6.45) is 6.20. The Hall–Kier alpha value is -3.12. The van der Waals surface area contributed by atoms with Crippen LogP contribution >= 0.6 is 11.9 Å². The number of aromatic nitrogens is 2. The number of H-pyrrole nitrogens is 1. The first kappa shape index (κ1) is 23.3. The van der Waals surface area contributed by atoms with Crippen LogP contribution in [0.15, 0.2) is 64.1 Å². The van der Waals surface area contributed by atoms with E-state index in [2.05, 4.69) is 47.3 Å². The number of aromatic amines is 1. The smallest absolute Gasteiger partial charge is 0.285 e. The van der Waals surface area contributed by atoms with Crippen molar-refractivity contribution in [2.24, 2.45) is 10.9 Å². The van der Waals surface area contributed by atoms with E-state index in [1.54, 1.807) is 11.9 Å². The third-order valence-corrected chi connectivity index (χ3v) is 7.35. The number of aryl methyl sites for hydroxylation is 1. The molecule has 0 unspecified atom stereocenters. The molecule has 3 aliphatic heterocycles. The highest BCUT2D eigenvalue weighted by molar-refractivity contribution is 7.97. The fraction of sp³-hybridized carbons (Fsp3) is 0.400. The van der Waals surface area contributed by atoms with Gasteiger partial charge in [0.2, 0.25) is 5.91 Å². The second kappa shape index (κ2) is 10.1. The first-order valence-corrected chi connectivity index (χ1v) is 13.1. The molecule has 2 aromatic rings. The lowest BCUT2D eigenvalue weighted by atomic mass is 10.3. The zero-order chi connectivity index (χ0) is 24.5. The van der Waals surface area contributed by atoms with Gasteiger partial charge < -0.3 is 10.1 Å². The lowest BCUT2D eigenvalue weighted by Gasteiger charge is -2.25. The molecule has 187 valence electrons. The summed E-state index contributed by atoms with van der Waals surface area (Å²) in [6, 6.07) is 9.98. The maximum Gasteiger partial charge on any atom is 0.285 e. The minimum Gasteiger partial charge on any atom is -0.379 e. The first-order valence-electron chi connectivity index (χ1n) is 12.3. The van der Waals surface area contributed by atoms with Gasteiger partial charge in [-0.05, 0) is 60.9 Å². The second-order valence-electron chi connectivity index (χ2n) is 9.44. The van der Waals surface area contributed by atoms with Crippen LogP contribution in [0.3, 0.4) is 0 Å². The number of anilines is 2. The fourth-order valence-corrected chi connectivity index (χ4v) is 5.19. The molecule has 1 aromatic heterocycles. The standard InChI is InChI=1S/C25H30N8O2S/c1-17-12-22(30-29-17)28-24-16-32(36-21-6-4-19(5-7-21)27-25(34)18-2-3-18)15-23-26-20(14-33(23)24)13-31-8-10-35-11-9-31/h4-7,12,14,16,18H,2-3,8-11,13,15H2,1H3,(H,27,34)(H2,28,29,30)/q+1. The number of hydrogen-bond donors (Lipinski definition) is 3. The Balaban J connectivity index is 1.17. The Kier molecular flexibility index (Phi) is 6.53. The van der Waals surface area contributed by atoms with E-state index < -0.39 is 0 Å². The van der Waals surface area contributed by atoms with Crippen molar-refractivity contribution < 1.29 is 9.53 Å². The molecule has 3 N–H and O–H groups in total. The Morgan fingerprint density at radius 3 is 2.78 bits per heavy atom. The van der Waals surface area contributed by atoms with E-state index in [4.69, 9.17) is 9.73 Å². The number of aliphatic imine (C=N–C) groups is 1. The number of nitrogens with one attached hydrogen (secondary N) is 3. The highest BCUT2D eigenvalue weighted by Gasteiger charge is 2.40. The van der Waals surface area contributed by atoms with Gasteiger partial charge >= 0.3 is 0 Å². The number of amides is 1. The average Bonchev–Trinajstić information content (AvgIpc) is 3.54. The van der Waals surface area contributed by atoms with Crippen LogP contribution in [0.2, 0.25) is 0 Å². The van der Waals surface area contributed by atoms with Crippen molar-refractivity contribution in [2.75, 3.05) is 50.0 Å². The van der Waals surface area contributed by atoms with Gasteiger partial charge in [-0.3, -0.25) is 24.4 Å². The third kappa shape index (κ3) is 5.49. The van der Waals surface area contributed by atoms with Gasteiger partial charge in [-0.1, -0.05) is 0 Å². The van der Waals surface area contributed by atoms with Crippen molar-refractivity contribution in [3.8, 4) is 0 Å². The minimum atomic E-state index is 0.124. The molecule has 1 amide bonds. The Labute approximate surface area is 214 Å². The summed E-state index contributed by atoms with van der Waals surface area (Å²) in [7, 11) is 0. The molecule has 0 spiro atoms. The number of benzene rings is 1. The largest absolute Gasteiger partial charge is 0.379 e. The summed E-state index contributed by atoms with van der Waals surface area (Å²) < 4.78 is 7.65. The lowest BCUT2D eigenvalue weighted by Crippen LogP contribution is -2.42. The number of amidine groups is 1. The SMILES string of the molecule is Cc1cc(NC2=CN(Sc3ccc(NC(=O)C4CC4)cc3)CC3=NC(CN4CCOCC4)=C[N+]23)n[nH]1. The average molecular weight is 507 g/mol. The van der Waals surface area contributed by atoms with Crippen molar-refractivity contribution >= 4 is 35.2 Å². The van der Waals surface area contributed by atoms with Crippen molar-refractivity contribution in [2.45, 2.75) is 24.7 Å². The van der Waals surface area contributed by atoms with Crippen LogP contribution in [-0.2, 0) is 9.53 Å². The molecule has 11 heteroatoms. The maximum absolute atomic E-state index is 12.0. The molecule has 10 nitrogen and oxygen atoms in total. The predicted octanol–water partition coefficient (Wildman–Crippen LogP) is 3.03. The summed E-state index contributed by atoms with van der Waals surface area (Å²) in [5.41, 5.74) is 2.87. The van der Waals surface area contributed by atoms with Crippen LogP contribution in [0.4, 0.5) is 11.5 Å². The van der Waals surface area contributed by atoms with Crippen LogP contribution in [0.25, 0.3) is 0 Å². The van der Waals surface area contributed by atoms with E-state index in [0.29, 0.717) is 6.54 Å². The van der Waals surface area contributed by atoms with Gasteiger partial charge in [-0.2, -0.15) is 10.1 Å². The Morgan fingerprint density at radius 2 is 2.06 bits per heavy atom. The summed E-state index contributed by atoms with van der Waals surface area (Å²) in [5.74, 6) is 2.94. The summed E-state index contributed by atoms with van der Waals surface area (Å²) in [6.45, 7) is 6.84. The van der Waals surface area contributed by atoms with Gasteiger partial charge in [0.25, 0.3) is 11.7 Å². The molecule has 36 heavy (non-hydrogen) atoms. The normalized spacial score (nSPS) is 20.5. The number of hydrogen-bond acceptors (Lipinski definition) is 9. The van der Waals surface area contributed by atoms with Crippen molar-refractivity contribution in [1.29, 1.82) is 0 Å². The van der Waals surface area contributed by atoms with E-state index in [1.807, 2.05) is 37.3 Å². The summed E-state index contributed by atoms with van der Waals surface area (Å²) in [5, 5.41) is 13.8. The number of carbonyl (C=O) groups excluding carboxylic acids is 1. The predicted molar refractivity (Wildman–Crippen MR) is 140 cm³/mol. The zero-order valence-electron chi connectivity index (χ0n) is 20.2. The van der Waals surface area contributed by atoms with Gasteiger partial charge in [0.1, 0.15) is 12.2 Å². The molecule has 0 bridgehead atoms. The quantitative estimate of drug-likeness (QED) is 0.374. The van der Waals surface area contributed by atoms with E-state index in [1.165, 1.54) is 0 Å². The Morgan fingerprint density at radius 1 is 1.25 bits per heavy atom. The first-order chi connectivity index (χ1) is 17.6. The van der Waals surface area contributed by atoms with Gasteiger partial charge in [-0.15, -0.1) is 0 Å². The van der Waals surface area contributed by atoms with Crippen LogP contribution in [0.1, 0.15) is 18.5 Å². The van der Waals surface area contributed by atoms with E-state index >= 15 is 0 Å². The van der Waals surface area contributed by atoms with Crippen molar-refractivity contribution in [3.05, 3.63) is 59.9 Å². The summed E-state index contributed by atoms with van der Waals surface area (Å²) >= 11 is 1.63. The van der Waals surface area contributed by atoms with Crippen LogP contribution in [-0.4, -0.2) is 70.5 Å². The van der Waals surface area contributed by atoms with Gasteiger partial charge in [0, 0.05) is 47.9 Å². The lowest BCUT2D eigenvalue weighted by molar-refractivity contribution is -0.117. The van der Waals surface area contributed by atoms with Crippen LogP contribution in [0, 0.1) is 12.8 Å². The molecule has 1 aliphatic carbocycles. The van der Waals surface area contributed by atoms with E-state index in [-0.39, 0.29) is 11.8 Å². The Bertz CT molecular complexity index is 1210. The maximum atomic E-state index is 12.0. The van der Waals surface area contributed by atoms with Gasteiger partial charge in [-0.25, -0.2) is 0 Å². The molecule has 1 radical (unpaired) electrons. The summed E-state index contributed by atoms with van der Waals surface area (Å²) in [4.78, 5) is 22.6. The molecule has 0 atom stereocenters. The zero-order valence-corrected chi connectivity index (χ0v) is 21.1. The van der Waals surface area contributed by atoms with Crippen molar-refractivity contribution in [1.82, 2.24) is 24.3 Å². The highest BCUT2D eigenvalue weighted by atomic mass is 32.2. The monoisotopic (exact) mass is 506 g/mol. The van der Waals surface area contributed by atoms with Gasteiger partial charge in [0.05, 0.1) is 19.4 Å². The topological polar surface area (TPSA) is 104 Å². The molecular formula is C25H30N8O2S+. The number of carbonyl (C=O) groups is 1. The highest BCUT2D eigenvalue weighted by Crippen LogP contribution is 2.32. The van der Waals surface area contributed by atoms with E-state index in [9.17, 15) is 4.79 Å². The van der Waals surface area contributed by atoms with Crippen molar-refractivity contribution in [3.63, 3.8) is 0 Å². The molecule has 1 saturated heterocycles. The van der Waals surface area contributed by atoms with Crippen LogP contribution < -0.4 is 15.5 Å². The number of ether oxygens (including phenoxy) is 1. The number of morpholine rings is 1. The number of nitrogens with zero attached hydrogens (tertiary/aromatic N) is 5. The molecule has 4 heterocycles. The minimum absolute atomic E-state index is 0.124. The molecule has 1 aromatic carbocycles. The van der Waals surface area contributed by atoms with Crippen LogP contribution in [0.5, 0.6) is 0 Å². The molecular weight excluding hydrogens is 476 g/mol. The molecule has 1 saturated carbocycles. The molecule has 6 rings (SSSR count). The second-order valence-corrected chi connectivity index (χ2v) is 10.6. The van der Waals surface area contributed by atoms with Gasteiger partial charge in [0.15, 0.2) is 12.0 Å². The fourth-order valence-electron chi connectivity index (χ4n) is 4.33. The number of rotatable bonds is 8. The molecule has 2 fully saturated rings.